The third kappa shape index (κ3) is 2.04. The summed E-state index contributed by atoms with van der Waals surface area (Å²) in [4.78, 5) is 24.4. The molecule has 4 nitrogen and oxygen atoms in total. The zero-order valence-electron chi connectivity index (χ0n) is 12.7. The van der Waals surface area contributed by atoms with Crippen LogP contribution in [0.2, 0.25) is 0 Å². The van der Waals surface area contributed by atoms with Crippen LogP contribution in [0.4, 0.5) is 4.79 Å². The van der Waals surface area contributed by atoms with Crippen molar-refractivity contribution in [1.82, 2.24) is 10.6 Å². The Morgan fingerprint density at radius 3 is 2.41 bits per heavy atom. The largest absolute Gasteiger partial charge is 0.323 e. The summed E-state index contributed by atoms with van der Waals surface area (Å²) in [6.45, 7) is 0. The highest BCUT2D eigenvalue weighted by molar-refractivity contribution is 6.07. The second kappa shape index (κ2) is 5.11. The van der Waals surface area contributed by atoms with E-state index in [2.05, 4.69) is 22.8 Å². The van der Waals surface area contributed by atoms with E-state index in [0.717, 1.165) is 12.8 Å². The lowest BCUT2D eigenvalue weighted by molar-refractivity contribution is -0.127. The molecule has 3 aliphatic rings. The summed E-state index contributed by atoms with van der Waals surface area (Å²) >= 11 is 0. The molecule has 2 N–H and O–H groups in total. The molecule has 2 aliphatic carbocycles. The molecule has 1 spiro atoms. The van der Waals surface area contributed by atoms with Crippen molar-refractivity contribution in [3.8, 4) is 0 Å². The van der Waals surface area contributed by atoms with Gasteiger partial charge in [0.15, 0.2) is 0 Å². The van der Waals surface area contributed by atoms with Crippen LogP contribution in [0.25, 0.3) is 0 Å². The van der Waals surface area contributed by atoms with Gasteiger partial charge in [-0.2, -0.15) is 0 Å². The SMILES string of the molecule is O=C1NC(=O)[C@@]2(C[C@H]3CCCC[C@H]3C[C@@H]2c2ccccc2)N1. The van der Waals surface area contributed by atoms with Gasteiger partial charge >= 0.3 is 6.03 Å². The van der Waals surface area contributed by atoms with Gasteiger partial charge in [0, 0.05) is 5.92 Å². The van der Waals surface area contributed by atoms with Gasteiger partial charge in [0.1, 0.15) is 5.54 Å². The van der Waals surface area contributed by atoms with Gasteiger partial charge in [-0.3, -0.25) is 10.1 Å². The van der Waals surface area contributed by atoms with Crippen LogP contribution in [-0.4, -0.2) is 17.5 Å². The monoisotopic (exact) mass is 298 g/mol. The lowest BCUT2D eigenvalue weighted by atomic mass is 9.58. The Bertz CT molecular complexity index is 600. The molecule has 0 unspecified atom stereocenters. The maximum atomic E-state index is 12.6. The van der Waals surface area contributed by atoms with Crippen LogP contribution in [0.15, 0.2) is 30.3 Å². The van der Waals surface area contributed by atoms with Gasteiger partial charge < -0.3 is 5.32 Å². The molecule has 2 saturated carbocycles. The standard InChI is InChI=1S/C18H22N2O2/c21-16-18(20-17(22)19-16)11-14-9-5-4-8-13(14)10-15(18)12-6-2-1-3-7-12/h1-3,6-7,13-15H,4-5,8-11H2,(H2,19,20,21,22)/t13-,14+,15+,18-/m0/s1. The third-order valence-corrected chi connectivity index (χ3v) is 5.95. The average Bonchev–Trinajstić information content (AvgIpc) is 2.81. The molecule has 22 heavy (non-hydrogen) atoms. The second-order valence-corrected chi connectivity index (χ2v) is 7.09. The molecule has 4 atom stereocenters. The molecule has 3 amide bonds. The lowest BCUT2D eigenvalue weighted by Gasteiger charge is -2.48. The fourth-order valence-electron chi connectivity index (χ4n) is 4.92. The van der Waals surface area contributed by atoms with E-state index in [1.807, 2.05) is 18.2 Å². The van der Waals surface area contributed by atoms with Crippen LogP contribution < -0.4 is 10.6 Å². The Morgan fingerprint density at radius 1 is 1.00 bits per heavy atom. The number of urea groups is 1. The van der Waals surface area contributed by atoms with Crippen molar-refractivity contribution < 1.29 is 9.59 Å². The van der Waals surface area contributed by atoms with E-state index >= 15 is 0 Å². The van der Waals surface area contributed by atoms with E-state index in [1.165, 1.54) is 31.2 Å². The van der Waals surface area contributed by atoms with Gasteiger partial charge in [-0.25, -0.2) is 4.79 Å². The summed E-state index contributed by atoms with van der Waals surface area (Å²) in [5.74, 6) is 1.21. The summed E-state index contributed by atoms with van der Waals surface area (Å²) in [6, 6.07) is 9.88. The van der Waals surface area contributed by atoms with Crippen molar-refractivity contribution in [3.05, 3.63) is 35.9 Å². The van der Waals surface area contributed by atoms with Gasteiger partial charge in [-0.15, -0.1) is 0 Å². The molecule has 0 aromatic heterocycles. The van der Waals surface area contributed by atoms with E-state index in [9.17, 15) is 9.59 Å². The van der Waals surface area contributed by atoms with Crippen molar-refractivity contribution in [3.63, 3.8) is 0 Å². The van der Waals surface area contributed by atoms with Crippen molar-refractivity contribution in [1.29, 1.82) is 0 Å². The molecule has 1 aliphatic heterocycles. The van der Waals surface area contributed by atoms with Crippen LogP contribution >= 0.6 is 0 Å². The molecule has 3 fully saturated rings. The zero-order chi connectivity index (χ0) is 15.2. The van der Waals surface area contributed by atoms with Crippen LogP contribution in [0, 0.1) is 11.8 Å². The van der Waals surface area contributed by atoms with Crippen LogP contribution in [-0.2, 0) is 4.79 Å². The molecule has 4 heteroatoms. The topological polar surface area (TPSA) is 58.2 Å². The first-order valence-electron chi connectivity index (χ1n) is 8.37. The van der Waals surface area contributed by atoms with Crippen molar-refractivity contribution in [2.75, 3.05) is 0 Å². The van der Waals surface area contributed by atoms with Crippen LogP contribution in [0.5, 0.6) is 0 Å². The van der Waals surface area contributed by atoms with Crippen molar-refractivity contribution in [2.24, 2.45) is 11.8 Å². The number of carbonyl (C=O) groups excluding carboxylic acids is 2. The number of nitrogens with one attached hydrogen (secondary N) is 2. The van der Waals surface area contributed by atoms with Crippen molar-refractivity contribution in [2.45, 2.75) is 50.0 Å². The van der Waals surface area contributed by atoms with Crippen molar-refractivity contribution >= 4 is 11.9 Å². The molecule has 1 aromatic carbocycles. The molecular formula is C18H22N2O2. The number of carbonyl (C=O) groups is 2. The first-order valence-corrected chi connectivity index (χ1v) is 8.37. The van der Waals surface area contributed by atoms with Gasteiger partial charge in [-0.1, -0.05) is 56.0 Å². The number of rotatable bonds is 1. The normalized spacial score (nSPS) is 37.5. The maximum absolute atomic E-state index is 12.6. The van der Waals surface area contributed by atoms with E-state index in [0.29, 0.717) is 11.8 Å². The van der Waals surface area contributed by atoms with E-state index in [-0.39, 0.29) is 17.9 Å². The Morgan fingerprint density at radius 2 is 1.73 bits per heavy atom. The molecule has 0 bridgehead atoms. The summed E-state index contributed by atoms with van der Waals surface area (Å²) in [6.07, 6.45) is 6.80. The first kappa shape index (κ1) is 13.8. The van der Waals surface area contributed by atoms with Gasteiger partial charge in [0.2, 0.25) is 0 Å². The Hall–Kier alpha value is -1.84. The number of fused-ring (bicyclic) bond motifs is 1. The first-order chi connectivity index (χ1) is 10.7. The minimum atomic E-state index is -0.739. The van der Waals surface area contributed by atoms with Gasteiger partial charge in [0.25, 0.3) is 5.91 Å². The summed E-state index contributed by atoms with van der Waals surface area (Å²) < 4.78 is 0. The maximum Gasteiger partial charge on any atom is 0.322 e. The Kier molecular flexibility index (Phi) is 3.21. The van der Waals surface area contributed by atoms with Crippen LogP contribution in [0.3, 0.4) is 0 Å². The molecule has 4 rings (SSSR count). The van der Waals surface area contributed by atoms with E-state index < -0.39 is 5.54 Å². The lowest BCUT2D eigenvalue weighted by Crippen LogP contribution is -2.57. The fraction of sp³-hybridized carbons (Fsp3) is 0.556. The molecule has 116 valence electrons. The number of amides is 3. The third-order valence-electron chi connectivity index (χ3n) is 5.95. The smallest absolute Gasteiger partial charge is 0.322 e. The van der Waals surface area contributed by atoms with Gasteiger partial charge in [0.05, 0.1) is 0 Å². The highest BCUT2D eigenvalue weighted by Gasteiger charge is 2.57. The Labute approximate surface area is 130 Å². The highest BCUT2D eigenvalue weighted by atomic mass is 16.2. The number of benzene rings is 1. The number of imide groups is 1. The van der Waals surface area contributed by atoms with E-state index in [4.69, 9.17) is 0 Å². The Balaban J connectivity index is 1.75. The minimum Gasteiger partial charge on any atom is -0.323 e. The fourth-order valence-corrected chi connectivity index (χ4v) is 4.92. The molecule has 1 heterocycles. The zero-order valence-corrected chi connectivity index (χ0v) is 12.7. The molecule has 0 radical (unpaired) electrons. The van der Waals surface area contributed by atoms with Gasteiger partial charge in [-0.05, 0) is 30.2 Å². The average molecular weight is 298 g/mol. The number of hydrogen-bond acceptors (Lipinski definition) is 2. The quantitative estimate of drug-likeness (QED) is 0.783. The van der Waals surface area contributed by atoms with E-state index in [1.54, 1.807) is 0 Å². The number of hydrogen-bond donors (Lipinski definition) is 2. The second-order valence-electron chi connectivity index (χ2n) is 7.09. The minimum absolute atomic E-state index is 0.0829. The summed E-state index contributed by atoms with van der Waals surface area (Å²) in [7, 11) is 0. The molecule has 1 saturated heterocycles. The predicted molar refractivity (Wildman–Crippen MR) is 83.3 cm³/mol. The predicted octanol–water partition coefficient (Wildman–Crippen LogP) is 2.95. The molecular weight excluding hydrogens is 276 g/mol. The molecule has 1 aromatic rings. The highest BCUT2D eigenvalue weighted by Crippen LogP contribution is 2.51. The summed E-state index contributed by atoms with van der Waals surface area (Å²) in [5, 5.41) is 5.48. The van der Waals surface area contributed by atoms with Crippen LogP contribution in [0.1, 0.15) is 50.0 Å². The summed E-state index contributed by atoms with van der Waals surface area (Å²) in [5.41, 5.74) is 0.431.